The van der Waals surface area contributed by atoms with Gasteiger partial charge in [-0.15, -0.1) is 0 Å². The number of nitrogens with zero attached hydrogens (tertiary/aromatic N) is 1. The summed E-state index contributed by atoms with van der Waals surface area (Å²) in [6.07, 6.45) is 5.95. The molecule has 1 heterocycles. The van der Waals surface area contributed by atoms with Crippen molar-refractivity contribution in [2.75, 3.05) is 27.0 Å². The number of likely N-dealkylation sites (N-methyl/N-ethyl adjacent to an activating group) is 1. The van der Waals surface area contributed by atoms with Crippen LogP contribution in [0.25, 0.3) is 0 Å². The molecule has 0 unspecified atom stereocenters. The number of ether oxygens (including phenoxy) is 3. The average Bonchev–Trinajstić information content (AvgIpc) is 3.01. The van der Waals surface area contributed by atoms with Crippen LogP contribution >= 0.6 is 0 Å². The number of benzene rings is 1. The Bertz CT molecular complexity index is 488. The van der Waals surface area contributed by atoms with Gasteiger partial charge in [0, 0.05) is 18.7 Å². The van der Waals surface area contributed by atoms with E-state index in [9.17, 15) is 5.11 Å². The fraction of sp³-hybridized carbons (Fsp3) is 0.647. The van der Waals surface area contributed by atoms with Gasteiger partial charge in [0.15, 0.2) is 11.5 Å². The fourth-order valence-electron chi connectivity index (χ4n) is 3.22. The minimum absolute atomic E-state index is 0.258. The van der Waals surface area contributed by atoms with E-state index in [1.54, 1.807) is 6.07 Å². The third-order valence-electron chi connectivity index (χ3n) is 4.48. The molecule has 3 rings (SSSR count). The molecule has 1 saturated carbocycles. The Morgan fingerprint density at radius 3 is 2.82 bits per heavy atom. The Labute approximate surface area is 131 Å². The zero-order chi connectivity index (χ0) is 15.4. The van der Waals surface area contributed by atoms with Gasteiger partial charge in [-0.2, -0.15) is 0 Å². The van der Waals surface area contributed by atoms with Crippen LogP contribution in [0.15, 0.2) is 18.2 Å². The standard InChI is InChI=1S/C17H25NO4/c1-18(13-5-3-2-4-6-13)10-14(19)11-20-15-7-8-16-17(9-15)22-12-21-16/h7-9,13-14,19H,2-6,10-12H2,1H3/t14-/m0/s1. The number of hydrogen-bond donors (Lipinski definition) is 1. The molecule has 5 nitrogen and oxygen atoms in total. The molecule has 1 aliphatic carbocycles. The zero-order valence-corrected chi connectivity index (χ0v) is 13.2. The molecule has 1 atom stereocenters. The Balaban J connectivity index is 1.44. The Kier molecular flexibility index (Phi) is 5.05. The van der Waals surface area contributed by atoms with Crippen molar-refractivity contribution in [2.24, 2.45) is 0 Å². The van der Waals surface area contributed by atoms with Crippen molar-refractivity contribution in [3.63, 3.8) is 0 Å². The third-order valence-corrected chi connectivity index (χ3v) is 4.48. The van der Waals surface area contributed by atoms with Gasteiger partial charge in [0.1, 0.15) is 18.5 Å². The van der Waals surface area contributed by atoms with Crippen LogP contribution in [0.2, 0.25) is 0 Å². The number of fused-ring (bicyclic) bond motifs is 1. The van der Waals surface area contributed by atoms with Gasteiger partial charge in [-0.25, -0.2) is 0 Å². The predicted octanol–water partition coefficient (Wildman–Crippen LogP) is 2.42. The first-order chi connectivity index (χ1) is 10.7. The summed E-state index contributed by atoms with van der Waals surface area (Å²) in [5, 5.41) is 10.2. The maximum Gasteiger partial charge on any atom is 0.231 e. The summed E-state index contributed by atoms with van der Waals surface area (Å²) in [6.45, 7) is 1.19. The largest absolute Gasteiger partial charge is 0.491 e. The summed E-state index contributed by atoms with van der Waals surface area (Å²) >= 11 is 0. The van der Waals surface area contributed by atoms with E-state index in [0.29, 0.717) is 24.1 Å². The van der Waals surface area contributed by atoms with E-state index in [1.165, 1.54) is 32.1 Å². The van der Waals surface area contributed by atoms with Crippen molar-refractivity contribution in [1.29, 1.82) is 0 Å². The van der Waals surface area contributed by atoms with Gasteiger partial charge in [-0.3, -0.25) is 0 Å². The lowest BCUT2D eigenvalue weighted by molar-refractivity contribution is 0.0561. The molecule has 1 aliphatic heterocycles. The van der Waals surface area contributed by atoms with Crippen LogP contribution in [-0.4, -0.2) is 49.1 Å². The SMILES string of the molecule is CN(C[C@H](O)COc1ccc2c(c1)OCO2)C1CCCCC1. The van der Waals surface area contributed by atoms with E-state index in [0.717, 1.165) is 5.75 Å². The second-order valence-electron chi connectivity index (χ2n) is 6.21. The lowest BCUT2D eigenvalue weighted by atomic mass is 9.94. The van der Waals surface area contributed by atoms with E-state index in [4.69, 9.17) is 14.2 Å². The molecule has 122 valence electrons. The Hall–Kier alpha value is -1.46. The van der Waals surface area contributed by atoms with Crippen molar-refractivity contribution in [2.45, 2.75) is 44.2 Å². The fourth-order valence-corrected chi connectivity index (χ4v) is 3.22. The quantitative estimate of drug-likeness (QED) is 0.875. The number of aliphatic hydroxyl groups is 1. The molecule has 0 spiro atoms. The van der Waals surface area contributed by atoms with Crippen molar-refractivity contribution < 1.29 is 19.3 Å². The Morgan fingerprint density at radius 2 is 2.00 bits per heavy atom. The smallest absolute Gasteiger partial charge is 0.231 e. The molecular formula is C17H25NO4. The monoisotopic (exact) mass is 307 g/mol. The molecular weight excluding hydrogens is 282 g/mol. The molecule has 1 N–H and O–H groups in total. The second-order valence-corrected chi connectivity index (χ2v) is 6.21. The minimum atomic E-state index is -0.489. The maximum atomic E-state index is 10.2. The highest BCUT2D eigenvalue weighted by Gasteiger charge is 2.20. The highest BCUT2D eigenvalue weighted by Crippen LogP contribution is 2.35. The van der Waals surface area contributed by atoms with E-state index < -0.39 is 6.10 Å². The summed E-state index contributed by atoms with van der Waals surface area (Å²) in [7, 11) is 2.10. The number of rotatable bonds is 6. The van der Waals surface area contributed by atoms with Gasteiger partial charge < -0.3 is 24.2 Å². The Morgan fingerprint density at radius 1 is 1.23 bits per heavy atom. The van der Waals surface area contributed by atoms with Gasteiger partial charge in [0.25, 0.3) is 0 Å². The minimum Gasteiger partial charge on any atom is -0.491 e. The normalized spacial score (nSPS) is 19.4. The maximum absolute atomic E-state index is 10.2. The average molecular weight is 307 g/mol. The number of hydrogen-bond acceptors (Lipinski definition) is 5. The molecule has 22 heavy (non-hydrogen) atoms. The van der Waals surface area contributed by atoms with Gasteiger partial charge >= 0.3 is 0 Å². The summed E-state index contributed by atoms with van der Waals surface area (Å²) in [6, 6.07) is 6.08. The number of aliphatic hydroxyl groups excluding tert-OH is 1. The highest BCUT2D eigenvalue weighted by atomic mass is 16.7. The molecule has 1 aromatic rings. The van der Waals surface area contributed by atoms with Crippen LogP contribution in [0.3, 0.4) is 0 Å². The van der Waals surface area contributed by atoms with Crippen LogP contribution in [-0.2, 0) is 0 Å². The summed E-state index contributed by atoms with van der Waals surface area (Å²) < 4.78 is 16.3. The molecule has 0 amide bonds. The molecule has 1 aromatic carbocycles. The first-order valence-electron chi connectivity index (χ1n) is 8.13. The molecule has 0 aromatic heterocycles. The van der Waals surface area contributed by atoms with Crippen LogP contribution in [0.1, 0.15) is 32.1 Å². The third kappa shape index (κ3) is 3.84. The summed E-state index contributed by atoms with van der Waals surface area (Å²) in [5.74, 6) is 2.14. The van der Waals surface area contributed by atoms with Crippen molar-refractivity contribution in [3.05, 3.63) is 18.2 Å². The van der Waals surface area contributed by atoms with Gasteiger partial charge in [0.05, 0.1) is 0 Å². The van der Waals surface area contributed by atoms with Crippen LogP contribution in [0.4, 0.5) is 0 Å². The van der Waals surface area contributed by atoms with E-state index in [2.05, 4.69) is 11.9 Å². The lowest BCUT2D eigenvalue weighted by Crippen LogP contribution is -2.40. The van der Waals surface area contributed by atoms with E-state index in [-0.39, 0.29) is 13.4 Å². The topological polar surface area (TPSA) is 51.2 Å². The van der Waals surface area contributed by atoms with Crippen molar-refractivity contribution >= 4 is 0 Å². The first-order valence-corrected chi connectivity index (χ1v) is 8.13. The molecule has 1 fully saturated rings. The van der Waals surface area contributed by atoms with Gasteiger partial charge in [-0.1, -0.05) is 19.3 Å². The van der Waals surface area contributed by atoms with Crippen molar-refractivity contribution in [1.82, 2.24) is 4.90 Å². The summed E-state index contributed by atoms with van der Waals surface area (Å²) in [5.41, 5.74) is 0. The van der Waals surface area contributed by atoms with E-state index in [1.807, 2.05) is 12.1 Å². The molecule has 0 radical (unpaired) electrons. The molecule has 0 saturated heterocycles. The lowest BCUT2D eigenvalue weighted by Gasteiger charge is -2.32. The van der Waals surface area contributed by atoms with Gasteiger partial charge in [-0.05, 0) is 32.0 Å². The summed E-state index contributed by atoms with van der Waals surface area (Å²) in [4.78, 5) is 2.27. The van der Waals surface area contributed by atoms with Gasteiger partial charge in [0.2, 0.25) is 6.79 Å². The zero-order valence-electron chi connectivity index (χ0n) is 13.2. The first kappa shape index (κ1) is 15.4. The van der Waals surface area contributed by atoms with Crippen LogP contribution in [0.5, 0.6) is 17.2 Å². The second kappa shape index (κ2) is 7.20. The van der Waals surface area contributed by atoms with Crippen molar-refractivity contribution in [3.8, 4) is 17.2 Å². The van der Waals surface area contributed by atoms with Crippen LogP contribution < -0.4 is 14.2 Å². The van der Waals surface area contributed by atoms with E-state index >= 15 is 0 Å². The van der Waals surface area contributed by atoms with Crippen LogP contribution in [0, 0.1) is 0 Å². The molecule has 5 heteroatoms. The predicted molar refractivity (Wildman–Crippen MR) is 83.6 cm³/mol. The molecule has 0 bridgehead atoms. The highest BCUT2D eigenvalue weighted by molar-refractivity contribution is 5.46. The molecule has 2 aliphatic rings.